The van der Waals surface area contributed by atoms with Crippen LogP contribution in [0, 0.1) is 0 Å². The van der Waals surface area contributed by atoms with E-state index in [0.29, 0.717) is 5.78 Å². The van der Waals surface area contributed by atoms with Gasteiger partial charge in [0.05, 0.1) is 0 Å². The first-order valence-electron chi connectivity index (χ1n) is 13.3. The largest absolute Gasteiger partial charge is 0.300 e. The van der Waals surface area contributed by atoms with Crippen molar-refractivity contribution >= 4 is 5.78 Å². The van der Waals surface area contributed by atoms with Crippen molar-refractivity contribution in [2.75, 3.05) is 0 Å². The Kier molecular flexibility index (Phi) is 24.4. The van der Waals surface area contributed by atoms with Crippen LogP contribution in [0.5, 0.6) is 0 Å². The Morgan fingerprint density at radius 3 is 0.821 bits per heavy atom. The lowest BCUT2D eigenvalue weighted by molar-refractivity contribution is -0.119. The molecule has 0 aromatic rings. The van der Waals surface area contributed by atoms with E-state index in [1.807, 2.05) is 0 Å². The van der Waals surface area contributed by atoms with Crippen molar-refractivity contribution in [1.82, 2.24) is 0 Å². The van der Waals surface area contributed by atoms with Crippen LogP contribution in [0.15, 0.2) is 0 Å². The zero-order valence-corrected chi connectivity index (χ0v) is 19.9. The Hall–Kier alpha value is -0.330. The van der Waals surface area contributed by atoms with Crippen molar-refractivity contribution < 1.29 is 4.79 Å². The highest BCUT2D eigenvalue weighted by molar-refractivity contribution is 5.78. The van der Waals surface area contributed by atoms with Gasteiger partial charge in [-0.15, -0.1) is 0 Å². The summed E-state index contributed by atoms with van der Waals surface area (Å²) in [7, 11) is 0. The highest BCUT2D eigenvalue weighted by Crippen LogP contribution is 2.14. The second-order valence-electron chi connectivity index (χ2n) is 9.11. The van der Waals surface area contributed by atoms with E-state index in [1.54, 1.807) is 0 Å². The van der Waals surface area contributed by atoms with Gasteiger partial charge >= 0.3 is 0 Å². The molecule has 0 saturated carbocycles. The van der Waals surface area contributed by atoms with Gasteiger partial charge in [-0.2, -0.15) is 0 Å². The quantitative estimate of drug-likeness (QED) is 0.149. The Labute approximate surface area is 178 Å². The molecule has 0 aromatic heterocycles. The molecule has 0 aliphatic rings. The Morgan fingerprint density at radius 2 is 0.571 bits per heavy atom. The molecule has 0 spiro atoms. The zero-order valence-electron chi connectivity index (χ0n) is 19.9. The fraction of sp³-hybridized carbons (Fsp3) is 0.963. The van der Waals surface area contributed by atoms with Crippen LogP contribution in [-0.2, 0) is 4.79 Å². The number of hydrogen-bond donors (Lipinski definition) is 0. The van der Waals surface area contributed by atoms with Gasteiger partial charge in [0.25, 0.3) is 0 Å². The predicted molar refractivity (Wildman–Crippen MR) is 127 cm³/mol. The third kappa shape index (κ3) is 23.7. The molecule has 28 heavy (non-hydrogen) atoms. The summed E-state index contributed by atoms with van der Waals surface area (Å²) in [4.78, 5) is 11.9. The standard InChI is InChI=1S/C27H54O/c1-3-5-7-9-11-12-13-14-15-16-17-18-19-20-22-24-26-27(28)25-23-21-10-8-6-4-2/h3-26H2,1-2H3. The van der Waals surface area contributed by atoms with E-state index in [1.165, 1.54) is 128 Å². The van der Waals surface area contributed by atoms with Crippen LogP contribution in [0.3, 0.4) is 0 Å². The lowest BCUT2D eigenvalue weighted by Gasteiger charge is -2.04. The molecular weight excluding hydrogens is 340 g/mol. The van der Waals surface area contributed by atoms with Gasteiger partial charge in [0.15, 0.2) is 0 Å². The van der Waals surface area contributed by atoms with E-state index < -0.39 is 0 Å². The number of carbonyl (C=O) groups excluding carboxylic acids is 1. The molecule has 0 N–H and O–H groups in total. The van der Waals surface area contributed by atoms with E-state index in [-0.39, 0.29) is 0 Å². The normalized spacial score (nSPS) is 11.2. The van der Waals surface area contributed by atoms with Gasteiger partial charge in [-0.3, -0.25) is 4.79 Å². The van der Waals surface area contributed by atoms with E-state index in [0.717, 1.165) is 25.7 Å². The third-order valence-electron chi connectivity index (χ3n) is 6.12. The van der Waals surface area contributed by atoms with E-state index >= 15 is 0 Å². The molecular formula is C27H54O. The van der Waals surface area contributed by atoms with E-state index in [2.05, 4.69) is 13.8 Å². The average molecular weight is 395 g/mol. The number of unbranched alkanes of at least 4 members (excludes halogenated alkanes) is 20. The summed E-state index contributed by atoms with van der Waals surface area (Å²) in [6.45, 7) is 4.54. The van der Waals surface area contributed by atoms with E-state index in [9.17, 15) is 4.79 Å². The van der Waals surface area contributed by atoms with Crippen LogP contribution in [-0.4, -0.2) is 5.78 Å². The highest BCUT2D eigenvalue weighted by Gasteiger charge is 2.02. The summed E-state index contributed by atoms with van der Waals surface area (Å²) in [6.07, 6.45) is 31.7. The molecule has 0 aliphatic heterocycles. The number of rotatable bonds is 24. The van der Waals surface area contributed by atoms with Gasteiger partial charge in [0.1, 0.15) is 5.78 Å². The zero-order chi connectivity index (χ0) is 20.5. The summed E-state index contributed by atoms with van der Waals surface area (Å²) in [5.74, 6) is 0.515. The maximum absolute atomic E-state index is 11.9. The lowest BCUT2D eigenvalue weighted by Crippen LogP contribution is -1.97. The predicted octanol–water partition coefficient (Wildman–Crippen LogP) is 9.96. The summed E-state index contributed by atoms with van der Waals surface area (Å²) in [5, 5.41) is 0. The highest BCUT2D eigenvalue weighted by atomic mass is 16.1. The van der Waals surface area contributed by atoms with Crippen LogP contribution in [0.4, 0.5) is 0 Å². The summed E-state index contributed by atoms with van der Waals surface area (Å²) >= 11 is 0. The summed E-state index contributed by atoms with van der Waals surface area (Å²) in [6, 6.07) is 0. The van der Waals surface area contributed by atoms with Gasteiger partial charge in [0, 0.05) is 12.8 Å². The smallest absolute Gasteiger partial charge is 0.132 e. The maximum atomic E-state index is 11.9. The fourth-order valence-electron chi connectivity index (χ4n) is 4.10. The number of carbonyl (C=O) groups is 1. The molecule has 0 fully saturated rings. The third-order valence-corrected chi connectivity index (χ3v) is 6.12. The Balaban J connectivity index is 3.10. The Morgan fingerprint density at radius 1 is 0.357 bits per heavy atom. The molecule has 0 amide bonds. The Bertz CT molecular complexity index is 297. The monoisotopic (exact) mass is 394 g/mol. The van der Waals surface area contributed by atoms with Crippen LogP contribution in [0.2, 0.25) is 0 Å². The maximum Gasteiger partial charge on any atom is 0.132 e. The van der Waals surface area contributed by atoms with Crippen LogP contribution >= 0.6 is 0 Å². The van der Waals surface area contributed by atoms with Gasteiger partial charge in [-0.05, 0) is 12.8 Å². The molecule has 0 radical (unpaired) electrons. The second kappa shape index (κ2) is 24.7. The molecule has 168 valence electrons. The van der Waals surface area contributed by atoms with Crippen molar-refractivity contribution in [1.29, 1.82) is 0 Å². The number of ketones is 1. The first-order valence-corrected chi connectivity index (χ1v) is 13.3. The molecule has 0 unspecified atom stereocenters. The molecule has 0 rings (SSSR count). The lowest BCUT2D eigenvalue weighted by atomic mass is 10.0. The van der Waals surface area contributed by atoms with Gasteiger partial charge in [-0.25, -0.2) is 0 Å². The van der Waals surface area contributed by atoms with Gasteiger partial charge in [0.2, 0.25) is 0 Å². The van der Waals surface area contributed by atoms with Crippen molar-refractivity contribution in [3.63, 3.8) is 0 Å². The molecule has 1 heteroatoms. The van der Waals surface area contributed by atoms with Crippen molar-refractivity contribution in [3.05, 3.63) is 0 Å². The number of Topliss-reactive ketones (excluding diaryl/α,β-unsaturated/α-hetero) is 1. The summed E-state index contributed by atoms with van der Waals surface area (Å²) in [5.41, 5.74) is 0. The molecule has 0 aromatic carbocycles. The summed E-state index contributed by atoms with van der Waals surface area (Å²) < 4.78 is 0. The minimum atomic E-state index is 0.515. The minimum absolute atomic E-state index is 0.515. The second-order valence-corrected chi connectivity index (χ2v) is 9.11. The first-order chi connectivity index (χ1) is 13.8. The van der Waals surface area contributed by atoms with E-state index in [4.69, 9.17) is 0 Å². The van der Waals surface area contributed by atoms with Gasteiger partial charge in [-0.1, -0.05) is 142 Å². The topological polar surface area (TPSA) is 17.1 Å². The van der Waals surface area contributed by atoms with Crippen LogP contribution in [0.1, 0.15) is 168 Å². The first kappa shape index (κ1) is 27.7. The van der Waals surface area contributed by atoms with Crippen molar-refractivity contribution in [2.24, 2.45) is 0 Å². The van der Waals surface area contributed by atoms with Crippen molar-refractivity contribution in [2.45, 2.75) is 168 Å². The number of hydrogen-bond acceptors (Lipinski definition) is 1. The minimum Gasteiger partial charge on any atom is -0.300 e. The van der Waals surface area contributed by atoms with Crippen LogP contribution in [0.25, 0.3) is 0 Å². The van der Waals surface area contributed by atoms with Crippen LogP contribution < -0.4 is 0 Å². The van der Waals surface area contributed by atoms with Crippen molar-refractivity contribution in [3.8, 4) is 0 Å². The molecule has 0 heterocycles. The molecule has 0 atom stereocenters. The molecule has 0 bridgehead atoms. The molecule has 0 saturated heterocycles. The molecule has 0 aliphatic carbocycles. The fourth-order valence-corrected chi connectivity index (χ4v) is 4.10. The molecule has 1 nitrogen and oxygen atoms in total. The van der Waals surface area contributed by atoms with Gasteiger partial charge < -0.3 is 0 Å². The SMILES string of the molecule is CCCCCCCCCCCCCCCCCCC(=O)CCCCCCCC. The average Bonchev–Trinajstić information content (AvgIpc) is 2.70.